The quantitative estimate of drug-likeness (QED) is 0.213. The van der Waals surface area contributed by atoms with E-state index in [4.69, 9.17) is 15.2 Å². The first-order chi connectivity index (χ1) is 20.2. The Morgan fingerprint density at radius 2 is 1.37 bits per heavy atom. The number of fused-ring (bicyclic) bond motifs is 1. The average Bonchev–Trinajstić information content (AvgIpc) is 3.34. The SMILES string of the molecule is COc1cc(CN2CCN(Cc3ccc4c(c3)c(-c3ccc(OC(F)(F)F)cc3)cn4CCCN)CC2)cc(OC)c1.Cl. The molecule has 7 nitrogen and oxygen atoms in total. The zero-order chi connectivity index (χ0) is 29.7. The van der Waals surface area contributed by atoms with Crippen molar-refractivity contribution in [3.05, 3.63) is 78.0 Å². The molecule has 0 radical (unpaired) electrons. The topological polar surface area (TPSA) is 65.1 Å². The highest BCUT2D eigenvalue weighted by Gasteiger charge is 2.31. The second-order valence-electron chi connectivity index (χ2n) is 10.6. The van der Waals surface area contributed by atoms with Crippen LogP contribution in [0.5, 0.6) is 17.2 Å². The van der Waals surface area contributed by atoms with Gasteiger partial charge in [0, 0.05) is 74.5 Å². The first-order valence-corrected chi connectivity index (χ1v) is 14.1. The summed E-state index contributed by atoms with van der Waals surface area (Å²) in [6.45, 7) is 6.80. The number of ether oxygens (including phenoxy) is 3. The lowest BCUT2D eigenvalue weighted by Gasteiger charge is -2.34. The van der Waals surface area contributed by atoms with Crippen LogP contribution in [0.15, 0.2) is 66.9 Å². The molecule has 3 aromatic carbocycles. The van der Waals surface area contributed by atoms with Crippen molar-refractivity contribution in [2.45, 2.75) is 32.4 Å². The molecular formula is C32H38ClF3N4O3. The van der Waals surface area contributed by atoms with Gasteiger partial charge in [0.05, 0.1) is 14.2 Å². The van der Waals surface area contributed by atoms with Crippen molar-refractivity contribution in [2.24, 2.45) is 5.73 Å². The fourth-order valence-electron chi connectivity index (χ4n) is 5.54. The number of benzene rings is 3. The molecule has 11 heteroatoms. The highest BCUT2D eigenvalue weighted by molar-refractivity contribution is 5.96. The van der Waals surface area contributed by atoms with Crippen LogP contribution in [-0.2, 0) is 19.6 Å². The Morgan fingerprint density at radius 1 is 0.767 bits per heavy atom. The predicted octanol–water partition coefficient (Wildman–Crippen LogP) is 6.31. The van der Waals surface area contributed by atoms with Gasteiger partial charge in [-0.25, -0.2) is 0 Å². The van der Waals surface area contributed by atoms with Crippen LogP contribution in [0.4, 0.5) is 13.2 Å². The maximum atomic E-state index is 12.7. The van der Waals surface area contributed by atoms with Crippen molar-refractivity contribution in [2.75, 3.05) is 46.9 Å². The van der Waals surface area contributed by atoms with Gasteiger partial charge in [-0.05, 0) is 66.1 Å². The third-order valence-corrected chi connectivity index (χ3v) is 7.64. The Kier molecular flexibility index (Phi) is 10.8. The predicted molar refractivity (Wildman–Crippen MR) is 165 cm³/mol. The minimum atomic E-state index is -4.72. The number of nitrogens with zero attached hydrogens (tertiary/aromatic N) is 3. The zero-order valence-electron chi connectivity index (χ0n) is 24.4. The third kappa shape index (κ3) is 8.35. The highest BCUT2D eigenvalue weighted by atomic mass is 35.5. The summed E-state index contributed by atoms with van der Waals surface area (Å²) in [6, 6.07) is 18.6. The van der Waals surface area contributed by atoms with Crippen LogP contribution in [0.3, 0.4) is 0 Å². The second-order valence-corrected chi connectivity index (χ2v) is 10.6. The second kappa shape index (κ2) is 14.4. The minimum Gasteiger partial charge on any atom is -0.497 e. The number of aryl methyl sites for hydroxylation is 1. The molecule has 2 heterocycles. The van der Waals surface area contributed by atoms with Crippen molar-refractivity contribution in [3.63, 3.8) is 0 Å². The maximum absolute atomic E-state index is 12.7. The normalized spacial score (nSPS) is 14.5. The van der Waals surface area contributed by atoms with E-state index in [0.29, 0.717) is 6.54 Å². The number of hydrogen-bond acceptors (Lipinski definition) is 6. The van der Waals surface area contributed by atoms with Crippen molar-refractivity contribution >= 4 is 23.3 Å². The van der Waals surface area contributed by atoms with Crippen molar-refractivity contribution in [3.8, 4) is 28.4 Å². The van der Waals surface area contributed by atoms with Crippen molar-refractivity contribution in [1.29, 1.82) is 0 Å². The molecule has 1 aliphatic rings. The van der Waals surface area contributed by atoms with Crippen LogP contribution in [0.25, 0.3) is 22.0 Å². The van der Waals surface area contributed by atoms with Crippen LogP contribution in [-0.4, -0.2) is 67.7 Å². The average molecular weight is 619 g/mol. The highest BCUT2D eigenvalue weighted by Crippen LogP contribution is 2.34. The fraction of sp³-hybridized carbons (Fsp3) is 0.375. The first kappa shape index (κ1) is 32.5. The van der Waals surface area contributed by atoms with E-state index in [1.54, 1.807) is 26.4 Å². The van der Waals surface area contributed by atoms with Gasteiger partial charge < -0.3 is 24.5 Å². The molecule has 0 aliphatic carbocycles. The summed E-state index contributed by atoms with van der Waals surface area (Å²) < 4.78 is 55.0. The summed E-state index contributed by atoms with van der Waals surface area (Å²) in [6.07, 6.45) is -1.82. The molecular weight excluding hydrogens is 581 g/mol. The Hall–Kier alpha value is -3.44. The van der Waals surface area contributed by atoms with Crippen LogP contribution < -0.4 is 19.9 Å². The van der Waals surface area contributed by atoms with Gasteiger partial charge in [0.2, 0.25) is 0 Å². The molecule has 5 rings (SSSR count). The van der Waals surface area contributed by atoms with Crippen molar-refractivity contribution < 1.29 is 27.4 Å². The maximum Gasteiger partial charge on any atom is 0.573 e. The monoisotopic (exact) mass is 618 g/mol. The van der Waals surface area contributed by atoms with E-state index in [1.165, 1.54) is 17.7 Å². The van der Waals surface area contributed by atoms with Gasteiger partial charge in [0.15, 0.2) is 0 Å². The Morgan fingerprint density at radius 3 is 1.93 bits per heavy atom. The molecule has 0 saturated carbocycles. The number of hydrogen-bond donors (Lipinski definition) is 1. The molecule has 0 bridgehead atoms. The number of halogens is 4. The molecule has 0 amide bonds. The Bertz CT molecular complexity index is 1460. The Balaban J connectivity index is 0.00000423. The number of piperazine rings is 1. The van der Waals surface area contributed by atoms with Crippen molar-refractivity contribution in [1.82, 2.24) is 14.4 Å². The van der Waals surface area contributed by atoms with Gasteiger partial charge in [0.1, 0.15) is 17.2 Å². The summed E-state index contributed by atoms with van der Waals surface area (Å²) in [5.74, 6) is 1.35. The van der Waals surface area contributed by atoms with E-state index in [2.05, 4.69) is 55.6 Å². The van der Waals surface area contributed by atoms with Gasteiger partial charge in [-0.3, -0.25) is 9.80 Å². The lowest BCUT2D eigenvalue weighted by molar-refractivity contribution is -0.274. The fourth-order valence-corrected chi connectivity index (χ4v) is 5.54. The zero-order valence-corrected chi connectivity index (χ0v) is 25.2. The molecule has 0 unspecified atom stereocenters. The number of rotatable bonds is 11. The molecule has 0 atom stereocenters. The largest absolute Gasteiger partial charge is 0.573 e. The van der Waals surface area contributed by atoms with Crippen LogP contribution >= 0.6 is 12.4 Å². The van der Waals surface area contributed by atoms with E-state index < -0.39 is 6.36 Å². The number of nitrogens with two attached hydrogens (primary N) is 1. The standard InChI is InChI=1S/C32H37F3N4O3.ClH/c1-40-27-16-24(17-28(19-27)41-2)21-38-14-12-37(13-15-38)20-23-4-9-31-29(18-23)30(22-39(31)11-3-10-36)25-5-7-26(8-6-25)42-32(33,34)35;/h4-9,16-19,22H,3,10-15,20-21,36H2,1-2H3;1H. The molecule has 1 aromatic heterocycles. The summed E-state index contributed by atoms with van der Waals surface area (Å²) in [4.78, 5) is 4.90. The number of alkyl halides is 3. The third-order valence-electron chi connectivity index (χ3n) is 7.64. The van der Waals surface area contributed by atoms with Gasteiger partial charge in [-0.1, -0.05) is 18.2 Å². The van der Waals surface area contributed by atoms with Gasteiger partial charge in [0.25, 0.3) is 0 Å². The molecule has 1 aliphatic heterocycles. The van der Waals surface area contributed by atoms with E-state index in [-0.39, 0.29) is 18.2 Å². The molecule has 4 aromatic rings. The summed E-state index contributed by atoms with van der Waals surface area (Å²) in [5.41, 5.74) is 11.0. The molecule has 43 heavy (non-hydrogen) atoms. The molecule has 232 valence electrons. The first-order valence-electron chi connectivity index (χ1n) is 14.1. The van der Waals surface area contributed by atoms with E-state index in [0.717, 1.165) is 91.3 Å². The summed E-state index contributed by atoms with van der Waals surface area (Å²) in [5, 5.41) is 1.07. The number of aromatic nitrogens is 1. The minimum absolute atomic E-state index is 0. The number of methoxy groups -OCH3 is 2. The molecule has 2 N–H and O–H groups in total. The van der Waals surface area contributed by atoms with Gasteiger partial charge in [-0.2, -0.15) is 0 Å². The smallest absolute Gasteiger partial charge is 0.497 e. The molecule has 1 saturated heterocycles. The van der Waals surface area contributed by atoms with E-state index in [9.17, 15) is 13.2 Å². The summed E-state index contributed by atoms with van der Waals surface area (Å²) >= 11 is 0. The van der Waals surface area contributed by atoms with E-state index >= 15 is 0 Å². The van der Waals surface area contributed by atoms with Crippen LogP contribution in [0.1, 0.15) is 17.5 Å². The van der Waals surface area contributed by atoms with Crippen LogP contribution in [0, 0.1) is 0 Å². The Labute approximate surface area is 256 Å². The van der Waals surface area contributed by atoms with Gasteiger partial charge >= 0.3 is 6.36 Å². The summed E-state index contributed by atoms with van der Waals surface area (Å²) in [7, 11) is 3.33. The lowest BCUT2D eigenvalue weighted by atomic mass is 10.0. The lowest BCUT2D eigenvalue weighted by Crippen LogP contribution is -2.45. The molecule has 0 spiro atoms. The van der Waals surface area contributed by atoms with Crippen LogP contribution in [0.2, 0.25) is 0 Å². The van der Waals surface area contributed by atoms with E-state index in [1.807, 2.05) is 6.07 Å². The molecule has 1 fully saturated rings. The van der Waals surface area contributed by atoms with Gasteiger partial charge in [-0.15, -0.1) is 25.6 Å².